The molecule has 224 valence electrons. The zero-order chi connectivity index (χ0) is 31.3. The third kappa shape index (κ3) is 5.15. The molecule has 0 bridgehead atoms. The number of amides is 1. The Kier molecular flexibility index (Phi) is 7.96. The van der Waals surface area contributed by atoms with Gasteiger partial charge in [0.15, 0.2) is 4.80 Å². The number of halogens is 2. The number of benzene rings is 3. The van der Waals surface area contributed by atoms with E-state index in [9.17, 15) is 14.4 Å². The van der Waals surface area contributed by atoms with Crippen molar-refractivity contribution in [3.63, 3.8) is 0 Å². The molecule has 2 aliphatic heterocycles. The van der Waals surface area contributed by atoms with E-state index in [4.69, 9.17) is 32.7 Å². The van der Waals surface area contributed by atoms with Crippen molar-refractivity contribution in [2.45, 2.75) is 39.5 Å². The van der Waals surface area contributed by atoms with Gasteiger partial charge < -0.3 is 14.4 Å². The van der Waals surface area contributed by atoms with E-state index in [-0.39, 0.29) is 21.6 Å². The zero-order valence-electron chi connectivity index (χ0n) is 24.3. The van der Waals surface area contributed by atoms with Gasteiger partial charge in [-0.05, 0) is 62.7 Å². The van der Waals surface area contributed by atoms with Gasteiger partial charge in [-0.15, -0.1) is 0 Å². The first kappa shape index (κ1) is 29.9. The van der Waals surface area contributed by atoms with Crippen LogP contribution in [0.5, 0.6) is 5.75 Å². The summed E-state index contributed by atoms with van der Waals surface area (Å²) in [5.74, 6) is -0.486. The summed E-state index contributed by atoms with van der Waals surface area (Å²) in [6, 6.07) is 18.7. The predicted octanol–water partition coefficient (Wildman–Crippen LogP) is 5.42. The van der Waals surface area contributed by atoms with E-state index < -0.39 is 23.7 Å². The topological polar surface area (TPSA) is 90.2 Å². The monoisotopic (exact) mass is 647 g/mol. The fourth-order valence-electron chi connectivity index (χ4n) is 5.55. The van der Waals surface area contributed by atoms with E-state index in [1.54, 1.807) is 56.0 Å². The summed E-state index contributed by atoms with van der Waals surface area (Å²) in [4.78, 5) is 48.8. The Balaban J connectivity index is 1.59. The number of carbonyl (C=O) groups is 2. The van der Waals surface area contributed by atoms with Crippen molar-refractivity contribution >= 4 is 57.7 Å². The Labute approximate surface area is 267 Å². The second-order valence-electron chi connectivity index (χ2n) is 10.7. The van der Waals surface area contributed by atoms with Gasteiger partial charge in [-0.25, -0.2) is 9.79 Å². The second-order valence-corrected chi connectivity index (χ2v) is 12.5. The minimum Gasteiger partial charge on any atom is -0.496 e. The maximum absolute atomic E-state index is 14.5. The molecule has 1 amide bonds. The van der Waals surface area contributed by atoms with Crippen molar-refractivity contribution in [3.8, 4) is 5.75 Å². The molecule has 1 aromatic heterocycles. The molecule has 0 spiro atoms. The lowest BCUT2D eigenvalue weighted by atomic mass is 9.95. The van der Waals surface area contributed by atoms with Crippen LogP contribution in [-0.4, -0.2) is 29.7 Å². The molecule has 4 aromatic rings. The van der Waals surface area contributed by atoms with E-state index in [2.05, 4.69) is 4.99 Å². The van der Waals surface area contributed by atoms with E-state index in [1.165, 1.54) is 11.7 Å². The molecule has 0 aliphatic carbocycles. The van der Waals surface area contributed by atoms with Crippen molar-refractivity contribution < 1.29 is 19.1 Å². The SMILES string of the molecule is COc1ccc(Cl)cc1[C@H]1C(C(=O)OC(C)C)=C(C)N=c2s/c(=C3\C(=O)N(Cc4ccc(Cl)cc4)c4ccccc43)c(=O)n21. The number of anilines is 1. The number of methoxy groups -OCH3 is 1. The minimum atomic E-state index is -0.961. The predicted molar refractivity (Wildman–Crippen MR) is 171 cm³/mol. The molecule has 0 unspecified atom stereocenters. The molecule has 0 radical (unpaired) electrons. The Morgan fingerprint density at radius 1 is 1.02 bits per heavy atom. The highest BCUT2D eigenvalue weighted by atomic mass is 35.5. The first-order valence-corrected chi connectivity index (χ1v) is 15.4. The summed E-state index contributed by atoms with van der Waals surface area (Å²) in [5.41, 5.74) is 3.11. The minimum absolute atomic E-state index is 0.186. The highest BCUT2D eigenvalue weighted by Crippen LogP contribution is 2.39. The van der Waals surface area contributed by atoms with Crippen LogP contribution in [0.15, 0.2) is 87.8 Å². The Bertz CT molecular complexity index is 2050. The summed E-state index contributed by atoms with van der Waals surface area (Å²) in [5, 5.41) is 0.997. The van der Waals surface area contributed by atoms with Gasteiger partial charge in [0.2, 0.25) is 0 Å². The number of fused-ring (bicyclic) bond motifs is 2. The first-order chi connectivity index (χ1) is 21.1. The number of hydrogen-bond donors (Lipinski definition) is 0. The molecule has 2 aliphatic rings. The number of para-hydroxylation sites is 1. The number of carbonyl (C=O) groups excluding carboxylic acids is 2. The fraction of sp³-hybridized carbons (Fsp3) is 0.212. The summed E-state index contributed by atoms with van der Waals surface area (Å²) in [6.07, 6.45) is -0.407. The van der Waals surface area contributed by atoms with Crippen LogP contribution in [0, 0.1) is 0 Å². The maximum atomic E-state index is 14.5. The largest absolute Gasteiger partial charge is 0.496 e. The molecule has 0 N–H and O–H groups in total. The number of ether oxygens (including phenoxy) is 2. The Morgan fingerprint density at radius 3 is 2.43 bits per heavy atom. The van der Waals surface area contributed by atoms with E-state index in [0.29, 0.717) is 49.7 Å². The molecule has 44 heavy (non-hydrogen) atoms. The molecule has 0 saturated heterocycles. The van der Waals surface area contributed by atoms with Gasteiger partial charge in [0.25, 0.3) is 11.5 Å². The van der Waals surface area contributed by atoms with Crippen LogP contribution in [0.4, 0.5) is 5.69 Å². The van der Waals surface area contributed by atoms with Crippen LogP contribution in [0.2, 0.25) is 10.0 Å². The second kappa shape index (κ2) is 11.7. The van der Waals surface area contributed by atoms with Crippen molar-refractivity contribution in [1.82, 2.24) is 4.57 Å². The third-order valence-corrected chi connectivity index (χ3v) is 8.99. The van der Waals surface area contributed by atoms with Crippen LogP contribution in [0.25, 0.3) is 5.57 Å². The van der Waals surface area contributed by atoms with Crippen molar-refractivity contribution in [2.75, 3.05) is 12.0 Å². The van der Waals surface area contributed by atoms with Crippen LogP contribution < -0.4 is 24.5 Å². The van der Waals surface area contributed by atoms with Gasteiger partial charge in [0.1, 0.15) is 16.3 Å². The molecule has 0 fully saturated rings. The zero-order valence-corrected chi connectivity index (χ0v) is 26.6. The van der Waals surface area contributed by atoms with E-state index >= 15 is 0 Å². The van der Waals surface area contributed by atoms with Gasteiger partial charge in [0.05, 0.1) is 42.3 Å². The molecule has 8 nitrogen and oxygen atoms in total. The fourth-order valence-corrected chi connectivity index (χ4v) is 7.00. The lowest BCUT2D eigenvalue weighted by Gasteiger charge is -2.26. The summed E-state index contributed by atoms with van der Waals surface area (Å²) < 4.78 is 12.9. The molecular weight excluding hydrogens is 621 g/mol. The number of nitrogens with zero attached hydrogens (tertiary/aromatic N) is 3. The van der Waals surface area contributed by atoms with Gasteiger partial charge in [-0.2, -0.15) is 0 Å². The molecule has 3 aromatic carbocycles. The average Bonchev–Trinajstić information content (AvgIpc) is 3.45. The first-order valence-electron chi connectivity index (χ1n) is 13.8. The summed E-state index contributed by atoms with van der Waals surface area (Å²) in [7, 11) is 1.50. The van der Waals surface area contributed by atoms with Crippen molar-refractivity contribution in [3.05, 3.63) is 124 Å². The van der Waals surface area contributed by atoms with Crippen molar-refractivity contribution in [1.29, 1.82) is 0 Å². The number of rotatable bonds is 6. The average molecular weight is 649 g/mol. The van der Waals surface area contributed by atoms with Crippen LogP contribution >= 0.6 is 34.5 Å². The molecule has 6 rings (SSSR count). The summed E-state index contributed by atoms with van der Waals surface area (Å²) >= 11 is 13.6. The maximum Gasteiger partial charge on any atom is 0.338 e. The molecule has 3 heterocycles. The van der Waals surface area contributed by atoms with Gasteiger partial charge in [-0.1, -0.05) is 64.9 Å². The van der Waals surface area contributed by atoms with Gasteiger partial charge in [0, 0.05) is 21.2 Å². The normalized spacial score (nSPS) is 17.0. The van der Waals surface area contributed by atoms with Crippen molar-refractivity contribution in [2.24, 2.45) is 4.99 Å². The van der Waals surface area contributed by atoms with Crippen LogP contribution in [0.3, 0.4) is 0 Å². The summed E-state index contributed by atoms with van der Waals surface area (Å²) in [6.45, 7) is 5.49. The molecule has 11 heteroatoms. The Hall–Kier alpha value is -4.18. The highest BCUT2D eigenvalue weighted by Gasteiger charge is 2.38. The molecule has 1 atom stereocenters. The van der Waals surface area contributed by atoms with E-state index in [0.717, 1.165) is 16.9 Å². The van der Waals surface area contributed by atoms with Gasteiger partial charge >= 0.3 is 5.97 Å². The molecular formula is C33H27Cl2N3O5S. The highest BCUT2D eigenvalue weighted by molar-refractivity contribution is 7.07. The van der Waals surface area contributed by atoms with E-state index in [1.807, 2.05) is 36.4 Å². The lowest BCUT2D eigenvalue weighted by molar-refractivity contribution is -0.143. The Morgan fingerprint density at radius 2 is 1.73 bits per heavy atom. The number of hydrogen-bond acceptors (Lipinski definition) is 7. The van der Waals surface area contributed by atoms with Crippen LogP contribution in [-0.2, 0) is 20.9 Å². The quantitative estimate of drug-likeness (QED) is 0.261. The smallest absolute Gasteiger partial charge is 0.338 e. The number of allylic oxidation sites excluding steroid dienone is 1. The number of aromatic nitrogens is 1. The molecule has 0 saturated carbocycles. The standard InChI is InChI=1S/C33H27Cl2N3O5S/c1-17(2)43-32(41)26-18(3)36-33-38(28(26)23-15-21(35)13-14-25(23)42-4)31(40)29(44-33)27-22-7-5-6-8-24(22)37(30(27)39)16-19-9-11-20(34)12-10-19/h5-15,17,28H,16H2,1-4H3/b29-27-/t28-/m0/s1. The third-order valence-electron chi connectivity index (χ3n) is 7.45. The van der Waals surface area contributed by atoms with Gasteiger partial charge in [-0.3, -0.25) is 14.2 Å². The van der Waals surface area contributed by atoms with Crippen LogP contribution in [0.1, 0.15) is 43.5 Å². The number of thiazole rings is 1. The number of esters is 1. The lowest BCUT2D eigenvalue weighted by Crippen LogP contribution is -2.41.